The summed E-state index contributed by atoms with van der Waals surface area (Å²) >= 11 is 2.89. The van der Waals surface area contributed by atoms with Crippen molar-refractivity contribution >= 4 is 33.8 Å². The minimum absolute atomic E-state index is 0.165. The number of hydrogen-bond acceptors (Lipinski definition) is 6. The average Bonchev–Trinajstić information content (AvgIpc) is 2.33. The van der Waals surface area contributed by atoms with E-state index in [1.54, 1.807) is 0 Å². The van der Waals surface area contributed by atoms with E-state index in [1.807, 2.05) is 0 Å². The molecule has 0 fully saturated rings. The number of esters is 2. The Hall–Kier alpha value is -2.06. The van der Waals surface area contributed by atoms with Crippen LogP contribution < -0.4 is 0 Å². The Bertz CT molecular complexity index is 472. The van der Waals surface area contributed by atoms with E-state index in [-0.39, 0.29) is 5.70 Å². The lowest BCUT2D eigenvalue weighted by atomic mass is 10.0. The van der Waals surface area contributed by atoms with Crippen LogP contribution in [0.1, 0.15) is 13.8 Å². The fourth-order valence-corrected chi connectivity index (χ4v) is 1.57. The maximum Gasteiger partial charge on any atom is 0.314 e. The molecule has 0 aliphatic carbocycles. The second-order valence-corrected chi connectivity index (χ2v) is 3.96. The average molecular weight is 350 g/mol. The first-order valence-electron chi connectivity index (χ1n) is 5.22. The molecule has 0 bridgehead atoms. The van der Waals surface area contributed by atoms with Gasteiger partial charge in [-0.3, -0.25) is 14.4 Å². The van der Waals surface area contributed by atoms with Crippen molar-refractivity contribution in [1.29, 1.82) is 0 Å². The molecule has 0 saturated heterocycles. The SMILES string of the molecule is CC(=O)OC[C@@H](C(=O)O)[C@@H](OC(C)=O)/C(=C\Br)N=[N+]=[N-]. The normalized spacial score (nSPS) is 13.7. The third-order valence-corrected chi connectivity index (χ3v) is 2.47. The summed E-state index contributed by atoms with van der Waals surface area (Å²) < 4.78 is 9.45. The van der Waals surface area contributed by atoms with Crippen molar-refractivity contribution in [1.82, 2.24) is 0 Å². The molecule has 0 unspecified atom stereocenters. The Labute approximate surface area is 122 Å². The molecule has 20 heavy (non-hydrogen) atoms. The third-order valence-electron chi connectivity index (χ3n) is 2.01. The van der Waals surface area contributed by atoms with E-state index >= 15 is 0 Å². The summed E-state index contributed by atoms with van der Waals surface area (Å²) in [5.74, 6) is -4.25. The number of aliphatic carboxylic acids is 1. The van der Waals surface area contributed by atoms with Crippen molar-refractivity contribution < 1.29 is 29.0 Å². The number of nitrogens with zero attached hydrogens (tertiary/aromatic N) is 3. The molecule has 0 aliphatic heterocycles. The summed E-state index contributed by atoms with van der Waals surface area (Å²) in [6.07, 6.45) is -1.39. The van der Waals surface area contributed by atoms with E-state index in [9.17, 15) is 14.4 Å². The summed E-state index contributed by atoms with van der Waals surface area (Å²) in [4.78, 5) is 36.6. The first-order valence-corrected chi connectivity index (χ1v) is 6.13. The van der Waals surface area contributed by atoms with Crippen LogP contribution in [0, 0.1) is 5.92 Å². The second kappa shape index (κ2) is 8.94. The quantitative estimate of drug-likeness (QED) is 0.321. The van der Waals surface area contributed by atoms with Crippen LogP contribution in [0.15, 0.2) is 15.8 Å². The number of azide groups is 1. The lowest BCUT2D eigenvalue weighted by Crippen LogP contribution is -2.36. The third kappa shape index (κ3) is 6.21. The lowest BCUT2D eigenvalue weighted by Gasteiger charge is -2.23. The molecule has 10 heteroatoms. The Balaban J connectivity index is 5.40. The molecule has 0 aliphatic rings. The molecule has 0 amide bonds. The van der Waals surface area contributed by atoms with E-state index in [4.69, 9.17) is 15.4 Å². The standard InChI is InChI=1S/C10H12BrN3O6/c1-5(15)19-4-7(10(17)18)9(20-6(2)16)8(3-11)13-14-12/h3,7,9H,4H2,1-2H3,(H,17,18)/b8-3+/t7-,9-/m1/s1. The number of carboxylic acid groups (broad SMARTS) is 1. The van der Waals surface area contributed by atoms with Crippen LogP contribution in [0.5, 0.6) is 0 Å². The van der Waals surface area contributed by atoms with Crippen LogP contribution in [0.3, 0.4) is 0 Å². The van der Waals surface area contributed by atoms with E-state index in [1.165, 1.54) is 0 Å². The van der Waals surface area contributed by atoms with Crippen LogP contribution in [0.4, 0.5) is 0 Å². The molecule has 0 aromatic carbocycles. The Kier molecular flexibility index (Phi) is 8.02. The van der Waals surface area contributed by atoms with Gasteiger partial charge >= 0.3 is 17.9 Å². The van der Waals surface area contributed by atoms with Crippen molar-refractivity contribution in [3.8, 4) is 0 Å². The van der Waals surface area contributed by atoms with Crippen molar-refractivity contribution in [3.05, 3.63) is 21.1 Å². The molecule has 0 heterocycles. The highest BCUT2D eigenvalue weighted by atomic mass is 79.9. The zero-order valence-electron chi connectivity index (χ0n) is 10.6. The smallest absolute Gasteiger partial charge is 0.314 e. The zero-order chi connectivity index (χ0) is 15.7. The van der Waals surface area contributed by atoms with Crippen molar-refractivity contribution in [2.75, 3.05) is 6.61 Å². The molecule has 1 N–H and O–H groups in total. The maximum atomic E-state index is 11.2. The van der Waals surface area contributed by atoms with Crippen molar-refractivity contribution in [3.63, 3.8) is 0 Å². The molecule has 110 valence electrons. The van der Waals surface area contributed by atoms with Gasteiger partial charge in [0, 0.05) is 18.8 Å². The van der Waals surface area contributed by atoms with Gasteiger partial charge in [0.1, 0.15) is 18.6 Å². The van der Waals surface area contributed by atoms with Gasteiger partial charge in [-0.2, -0.15) is 0 Å². The maximum absolute atomic E-state index is 11.2. The van der Waals surface area contributed by atoms with E-state index in [0.717, 1.165) is 18.8 Å². The molecule has 0 radical (unpaired) electrons. The van der Waals surface area contributed by atoms with Gasteiger partial charge in [0.2, 0.25) is 0 Å². The van der Waals surface area contributed by atoms with Gasteiger partial charge in [-0.05, 0) is 10.5 Å². The Morgan fingerprint density at radius 1 is 1.40 bits per heavy atom. The number of rotatable bonds is 7. The van der Waals surface area contributed by atoms with Crippen LogP contribution in [0.25, 0.3) is 10.4 Å². The minimum atomic E-state index is -1.41. The molecule has 2 atom stereocenters. The summed E-state index contributed by atoms with van der Waals surface area (Å²) in [5.41, 5.74) is 8.25. The topological polar surface area (TPSA) is 139 Å². The molecular weight excluding hydrogens is 338 g/mol. The van der Waals surface area contributed by atoms with Crippen LogP contribution in [0.2, 0.25) is 0 Å². The Morgan fingerprint density at radius 3 is 2.35 bits per heavy atom. The number of ether oxygens (including phenoxy) is 2. The van der Waals surface area contributed by atoms with E-state index < -0.39 is 36.5 Å². The number of halogens is 1. The van der Waals surface area contributed by atoms with E-state index in [2.05, 4.69) is 30.7 Å². The van der Waals surface area contributed by atoms with Crippen molar-refractivity contribution in [2.45, 2.75) is 20.0 Å². The van der Waals surface area contributed by atoms with Gasteiger partial charge in [0.25, 0.3) is 0 Å². The monoisotopic (exact) mass is 349 g/mol. The van der Waals surface area contributed by atoms with Crippen LogP contribution in [-0.4, -0.2) is 35.7 Å². The van der Waals surface area contributed by atoms with Crippen molar-refractivity contribution in [2.24, 2.45) is 11.0 Å². The van der Waals surface area contributed by atoms with Gasteiger partial charge in [0.05, 0.1) is 5.70 Å². The number of carbonyl (C=O) groups excluding carboxylic acids is 2. The van der Waals surface area contributed by atoms with Gasteiger partial charge in [0.15, 0.2) is 0 Å². The van der Waals surface area contributed by atoms with Crippen LogP contribution >= 0.6 is 15.9 Å². The lowest BCUT2D eigenvalue weighted by molar-refractivity contribution is -0.159. The van der Waals surface area contributed by atoms with Crippen LogP contribution in [-0.2, 0) is 23.9 Å². The molecule has 0 saturated carbocycles. The second-order valence-electron chi connectivity index (χ2n) is 3.50. The predicted molar refractivity (Wildman–Crippen MR) is 69.5 cm³/mol. The van der Waals surface area contributed by atoms with Gasteiger partial charge in [-0.1, -0.05) is 21.0 Å². The summed E-state index contributed by atoms with van der Waals surface area (Å²) in [5, 5.41) is 12.4. The molecule has 0 aromatic heterocycles. The van der Waals surface area contributed by atoms with Gasteiger partial charge in [-0.15, -0.1) is 0 Å². The van der Waals surface area contributed by atoms with E-state index in [0.29, 0.717) is 0 Å². The largest absolute Gasteiger partial charge is 0.481 e. The molecule has 0 aromatic rings. The predicted octanol–water partition coefficient (Wildman–Crippen LogP) is 1.73. The first-order chi connectivity index (χ1) is 9.33. The number of hydrogen-bond donors (Lipinski definition) is 1. The minimum Gasteiger partial charge on any atom is -0.481 e. The fraction of sp³-hybridized carbons (Fsp3) is 0.500. The highest BCUT2D eigenvalue weighted by Gasteiger charge is 2.34. The first kappa shape index (κ1) is 17.9. The Morgan fingerprint density at radius 2 is 2.00 bits per heavy atom. The summed E-state index contributed by atoms with van der Waals surface area (Å²) in [6.45, 7) is 1.64. The highest BCUT2D eigenvalue weighted by molar-refractivity contribution is 9.11. The molecule has 0 rings (SSSR count). The molecule has 0 spiro atoms. The van der Waals surface area contributed by atoms with Gasteiger partial charge < -0.3 is 14.6 Å². The fourth-order valence-electron chi connectivity index (χ4n) is 1.22. The summed E-state index contributed by atoms with van der Waals surface area (Å²) in [6, 6.07) is 0. The molecule has 9 nitrogen and oxygen atoms in total. The molecular formula is C10H12BrN3O6. The summed E-state index contributed by atoms with van der Waals surface area (Å²) in [7, 11) is 0. The zero-order valence-corrected chi connectivity index (χ0v) is 12.2. The number of carbonyl (C=O) groups is 3. The highest BCUT2D eigenvalue weighted by Crippen LogP contribution is 2.21. The number of carboxylic acids is 1. The van der Waals surface area contributed by atoms with Gasteiger partial charge in [-0.25, -0.2) is 0 Å².